The molecule has 0 aromatic heterocycles. The second kappa shape index (κ2) is 8.19. The molecule has 0 aromatic rings. The molecule has 1 N–H and O–H groups in total. The van der Waals surface area contributed by atoms with Gasteiger partial charge in [0.05, 0.1) is 6.61 Å². The van der Waals surface area contributed by atoms with Gasteiger partial charge in [0.15, 0.2) is 0 Å². The van der Waals surface area contributed by atoms with Gasteiger partial charge >= 0.3 is 0 Å². The van der Waals surface area contributed by atoms with Crippen molar-refractivity contribution in [2.45, 2.75) is 53.9 Å². The average Bonchev–Trinajstić information content (AvgIpc) is 2.37. The quantitative estimate of drug-likeness (QED) is 0.661. The smallest absolute Gasteiger partial charge is 0.0617 e. The van der Waals surface area contributed by atoms with E-state index >= 15 is 0 Å². The van der Waals surface area contributed by atoms with Gasteiger partial charge in [0.2, 0.25) is 0 Å². The molecule has 1 rings (SSSR count). The van der Waals surface area contributed by atoms with Gasteiger partial charge in [0.25, 0.3) is 0 Å². The van der Waals surface area contributed by atoms with Crippen LogP contribution in [0.2, 0.25) is 0 Å². The average molecular weight is 286 g/mol. The monoisotopic (exact) mass is 286 g/mol. The molecule has 0 heterocycles. The summed E-state index contributed by atoms with van der Waals surface area (Å²) in [7, 11) is 0. The minimum absolute atomic E-state index is 0.0985. The molecule has 1 aliphatic carbocycles. The first-order valence-corrected chi connectivity index (χ1v) is 7.87. The Morgan fingerprint density at radius 1 is 1.19 bits per heavy atom. The number of allylic oxidation sites excluding steroid dienone is 9. The Bertz CT molecular complexity index is 496. The number of hydrogen-bond donors (Lipinski definition) is 1. The van der Waals surface area contributed by atoms with Crippen LogP contribution < -0.4 is 0 Å². The molecule has 21 heavy (non-hydrogen) atoms. The molecule has 0 spiro atoms. The van der Waals surface area contributed by atoms with Gasteiger partial charge in [0, 0.05) is 0 Å². The lowest BCUT2D eigenvalue weighted by molar-refractivity contribution is 0.342. The maximum Gasteiger partial charge on any atom is 0.0617 e. The van der Waals surface area contributed by atoms with Crippen molar-refractivity contribution < 1.29 is 5.11 Å². The third kappa shape index (κ3) is 5.89. The summed E-state index contributed by atoms with van der Waals surface area (Å²) in [5.74, 6) is 0. The first kappa shape index (κ1) is 17.7. The van der Waals surface area contributed by atoms with Crippen LogP contribution in [0.4, 0.5) is 0 Å². The van der Waals surface area contributed by atoms with E-state index in [9.17, 15) is 0 Å². The SMILES string of the molecule is CC1=C(\C=C/C(C)=C\C=C\C(C)=C/CO)C(C)(C)CCC1. The molecule has 0 saturated carbocycles. The highest BCUT2D eigenvalue weighted by atomic mass is 16.2. The molecule has 116 valence electrons. The highest BCUT2D eigenvalue weighted by Crippen LogP contribution is 2.40. The Balaban J connectivity index is 2.78. The Kier molecular flexibility index (Phi) is 6.91. The van der Waals surface area contributed by atoms with Crippen LogP contribution in [0.1, 0.15) is 53.9 Å². The molecule has 0 amide bonds. The lowest BCUT2D eigenvalue weighted by atomic mass is 9.72. The van der Waals surface area contributed by atoms with E-state index in [-0.39, 0.29) is 6.61 Å². The summed E-state index contributed by atoms with van der Waals surface area (Å²) in [5.41, 5.74) is 5.66. The minimum Gasteiger partial charge on any atom is -0.392 e. The highest BCUT2D eigenvalue weighted by molar-refractivity contribution is 5.37. The summed E-state index contributed by atoms with van der Waals surface area (Å²) >= 11 is 0. The van der Waals surface area contributed by atoms with E-state index in [1.54, 1.807) is 6.08 Å². The van der Waals surface area contributed by atoms with E-state index in [0.717, 1.165) is 5.57 Å². The maximum atomic E-state index is 8.81. The van der Waals surface area contributed by atoms with Crippen molar-refractivity contribution in [3.8, 4) is 0 Å². The predicted octanol–water partition coefficient (Wildman–Crippen LogP) is 5.51. The van der Waals surface area contributed by atoms with Crippen LogP contribution in [0.15, 0.2) is 58.7 Å². The fourth-order valence-electron chi connectivity index (χ4n) is 2.84. The Hall–Kier alpha value is -1.34. The lowest BCUT2D eigenvalue weighted by Gasteiger charge is -2.32. The van der Waals surface area contributed by atoms with E-state index in [4.69, 9.17) is 5.11 Å². The van der Waals surface area contributed by atoms with E-state index in [1.165, 1.54) is 36.0 Å². The zero-order chi connectivity index (χ0) is 15.9. The van der Waals surface area contributed by atoms with Crippen molar-refractivity contribution in [1.82, 2.24) is 0 Å². The lowest BCUT2D eigenvalue weighted by Crippen LogP contribution is -2.19. The molecular formula is C20H30O. The summed E-state index contributed by atoms with van der Waals surface area (Å²) in [6.45, 7) is 11.2. The van der Waals surface area contributed by atoms with Crippen LogP contribution in [0.5, 0.6) is 0 Å². The maximum absolute atomic E-state index is 8.81. The second-order valence-electron chi connectivity index (χ2n) is 6.67. The molecular weight excluding hydrogens is 256 g/mol. The van der Waals surface area contributed by atoms with Crippen LogP contribution in [-0.2, 0) is 0 Å². The van der Waals surface area contributed by atoms with Gasteiger partial charge in [-0.1, -0.05) is 67.0 Å². The number of aliphatic hydroxyl groups is 1. The van der Waals surface area contributed by atoms with E-state index < -0.39 is 0 Å². The first-order chi connectivity index (χ1) is 9.86. The van der Waals surface area contributed by atoms with Gasteiger partial charge in [-0.3, -0.25) is 0 Å². The molecule has 1 aliphatic rings. The number of hydrogen-bond acceptors (Lipinski definition) is 1. The molecule has 1 nitrogen and oxygen atoms in total. The molecule has 0 bridgehead atoms. The second-order valence-corrected chi connectivity index (χ2v) is 6.67. The molecule has 0 fully saturated rings. The van der Waals surface area contributed by atoms with Gasteiger partial charge in [-0.15, -0.1) is 0 Å². The molecule has 0 saturated heterocycles. The van der Waals surface area contributed by atoms with Gasteiger partial charge in [-0.05, 0) is 51.0 Å². The van der Waals surface area contributed by atoms with E-state index in [2.05, 4.69) is 45.9 Å². The molecule has 0 unspecified atom stereocenters. The summed E-state index contributed by atoms with van der Waals surface area (Å²) in [4.78, 5) is 0. The topological polar surface area (TPSA) is 20.2 Å². The van der Waals surface area contributed by atoms with Crippen molar-refractivity contribution >= 4 is 0 Å². The first-order valence-electron chi connectivity index (χ1n) is 7.87. The van der Waals surface area contributed by atoms with E-state index in [0.29, 0.717) is 5.41 Å². The van der Waals surface area contributed by atoms with Gasteiger partial charge in [0.1, 0.15) is 0 Å². The third-order valence-electron chi connectivity index (χ3n) is 4.19. The zero-order valence-corrected chi connectivity index (χ0v) is 14.2. The van der Waals surface area contributed by atoms with Crippen molar-refractivity contribution in [1.29, 1.82) is 0 Å². The van der Waals surface area contributed by atoms with Crippen molar-refractivity contribution in [3.63, 3.8) is 0 Å². The number of rotatable bonds is 5. The molecule has 0 atom stereocenters. The van der Waals surface area contributed by atoms with Crippen LogP contribution >= 0.6 is 0 Å². The minimum atomic E-state index is 0.0985. The molecule has 0 radical (unpaired) electrons. The third-order valence-corrected chi connectivity index (χ3v) is 4.19. The standard InChI is InChI=1S/C20H30O/c1-16(8-6-9-17(2)13-15-21)11-12-19-18(3)10-7-14-20(19,4)5/h6,8-9,11-13,21H,7,10,14-15H2,1-5H3/b9-6+,12-11-,16-8-,17-13-. The fourth-order valence-corrected chi connectivity index (χ4v) is 2.84. The summed E-state index contributed by atoms with van der Waals surface area (Å²) in [6, 6.07) is 0. The summed E-state index contributed by atoms with van der Waals surface area (Å²) in [6.07, 6.45) is 16.3. The van der Waals surface area contributed by atoms with Crippen molar-refractivity contribution in [2.75, 3.05) is 6.61 Å². The Labute approximate surface area is 130 Å². The molecule has 0 aromatic carbocycles. The fraction of sp³-hybridized carbons (Fsp3) is 0.500. The highest BCUT2D eigenvalue weighted by Gasteiger charge is 2.26. The summed E-state index contributed by atoms with van der Waals surface area (Å²) < 4.78 is 0. The summed E-state index contributed by atoms with van der Waals surface area (Å²) in [5, 5.41) is 8.81. The van der Waals surface area contributed by atoms with E-state index in [1.807, 2.05) is 19.1 Å². The Morgan fingerprint density at radius 2 is 1.90 bits per heavy atom. The van der Waals surface area contributed by atoms with Crippen molar-refractivity contribution in [3.05, 3.63) is 58.7 Å². The normalized spacial score (nSPS) is 20.9. The van der Waals surface area contributed by atoms with Crippen LogP contribution in [0.25, 0.3) is 0 Å². The largest absolute Gasteiger partial charge is 0.392 e. The van der Waals surface area contributed by atoms with Crippen LogP contribution in [0, 0.1) is 5.41 Å². The van der Waals surface area contributed by atoms with Crippen LogP contribution in [-0.4, -0.2) is 11.7 Å². The Morgan fingerprint density at radius 3 is 2.52 bits per heavy atom. The van der Waals surface area contributed by atoms with Crippen molar-refractivity contribution in [2.24, 2.45) is 5.41 Å². The number of aliphatic hydroxyl groups excluding tert-OH is 1. The zero-order valence-electron chi connectivity index (χ0n) is 14.2. The predicted molar refractivity (Wildman–Crippen MR) is 93.2 cm³/mol. The van der Waals surface area contributed by atoms with Crippen LogP contribution in [0.3, 0.4) is 0 Å². The van der Waals surface area contributed by atoms with Gasteiger partial charge in [-0.2, -0.15) is 0 Å². The molecule has 0 aliphatic heterocycles. The van der Waals surface area contributed by atoms with Gasteiger partial charge in [-0.25, -0.2) is 0 Å². The molecule has 1 heteroatoms. The van der Waals surface area contributed by atoms with Gasteiger partial charge < -0.3 is 5.11 Å².